The minimum atomic E-state index is -1.06. The molecule has 5 heteroatoms. The van der Waals surface area contributed by atoms with E-state index in [0.717, 1.165) is 16.8 Å². The van der Waals surface area contributed by atoms with Gasteiger partial charge in [-0.05, 0) is 38.0 Å². The molecule has 0 unspecified atom stereocenters. The average molecular weight is 265 g/mol. The lowest BCUT2D eigenvalue weighted by atomic mass is 10.1. The summed E-state index contributed by atoms with van der Waals surface area (Å²) in [5, 5.41) is 13.4. The number of carboxylic acid groups (broad SMARTS) is 1. The van der Waals surface area contributed by atoms with Crippen molar-refractivity contribution >= 4 is 17.6 Å². The molecule has 0 aliphatic rings. The zero-order valence-corrected chi connectivity index (χ0v) is 11.1. The second-order valence-corrected chi connectivity index (χ2v) is 4.62. The number of carboxylic acids is 1. The molecule has 1 N–H and O–H groups in total. The zero-order chi connectivity index (χ0) is 13.4. The predicted octanol–water partition coefficient (Wildman–Crippen LogP) is 3.15. The Morgan fingerprint density at radius 3 is 2.56 bits per heavy atom. The summed E-state index contributed by atoms with van der Waals surface area (Å²) >= 11 is 6.10. The molecule has 1 aromatic heterocycles. The topological polar surface area (TPSA) is 55.1 Å². The van der Waals surface area contributed by atoms with Crippen LogP contribution in [0.2, 0.25) is 5.15 Å². The Morgan fingerprint density at radius 2 is 2.00 bits per heavy atom. The first kappa shape index (κ1) is 12.6. The fourth-order valence-electron chi connectivity index (χ4n) is 1.85. The molecule has 0 aliphatic carbocycles. The van der Waals surface area contributed by atoms with Crippen LogP contribution in [0.3, 0.4) is 0 Å². The molecule has 1 aromatic carbocycles. The molecule has 0 bridgehead atoms. The quantitative estimate of drug-likeness (QED) is 0.907. The second kappa shape index (κ2) is 4.46. The SMILES string of the molecule is Cc1ccc(C)c(-n2nc(C)c(C(=O)O)c2Cl)c1. The maximum Gasteiger partial charge on any atom is 0.340 e. The van der Waals surface area contributed by atoms with Crippen LogP contribution in [0, 0.1) is 20.8 Å². The smallest absolute Gasteiger partial charge is 0.340 e. The second-order valence-electron chi connectivity index (χ2n) is 4.26. The molecule has 0 aliphatic heterocycles. The predicted molar refractivity (Wildman–Crippen MR) is 69.7 cm³/mol. The number of aromatic nitrogens is 2. The van der Waals surface area contributed by atoms with E-state index in [-0.39, 0.29) is 10.7 Å². The van der Waals surface area contributed by atoms with E-state index >= 15 is 0 Å². The van der Waals surface area contributed by atoms with Gasteiger partial charge in [-0.2, -0.15) is 5.10 Å². The number of aromatic carboxylic acids is 1. The highest BCUT2D eigenvalue weighted by Gasteiger charge is 2.20. The first-order valence-corrected chi connectivity index (χ1v) is 5.85. The zero-order valence-electron chi connectivity index (χ0n) is 10.4. The third-order valence-corrected chi connectivity index (χ3v) is 3.16. The van der Waals surface area contributed by atoms with Gasteiger partial charge in [0.15, 0.2) is 0 Å². The highest BCUT2D eigenvalue weighted by atomic mass is 35.5. The van der Waals surface area contributed by atoms with E-state index in [2.05, 4.69) is 5.10 Å². The van der Waals surface area contributed by atoms with Gasteiger partial charge in [0, 0.05) is 0 Å². The molecule has 0 atom stereocenters. The molecule has 1 heterocycles. The largest absolute Gasteiger partial charge is 0.478 e. The third kappa shape index (κ3) is 1.99. The van der Waals surface area contributed by atoms with Gasteiger partial charge in [0.05, 0.1) is 11.4 Å². The molecule has 2 aromatic rings. The van der Waals surface area contributed by atoms with Crippen molar-refractivity contribution in [2.24, 2.45) is 0 Å². The van der Waals surface area contributed by atoms with E-state index in [0.29, 0.717) is 5.69 Å². The molecule has 0 amide bonds. The van der Waals surface area contributed by atoms with Crippen LogP contribution in [-0.2, 0) is 0 Å². The number of aryl methyl sites for hydroxylation is 3. The Kier molecular flexibility index (Phi) is 3.13. The van der Waals surface area contributed by atoms with Gasteiger partial charge in [0.2, 0.25) is 0 Å². The Morgan fingerprint density at radius 1 is 1.33 bits per heavy atom. The molecular weight excluding hydrogens is 252 g/mol. The summed E-state index contributed by atoms with van der Waals surface area (Å²) in [5.41, 5.74) is 3.32. The molecule has 0 radical (unpaired) electrons. The van der Waals surface area contributed by atoms with Crippen molar-refractivity contribution in [1.29, 1.82) is 0 Å². The summed E-state index contributed by atoms with van der Waals surface area (Å²) in [6, 6.07) is 5.87. The van der Waals surface area contributed by atoms with Gasteiger partial charge in [0.25, 0.3) is 0 Å². The molecular formula is C13H13ClN2O2. The van der Waals surface area contributed by atoms with Crippen molar-refractivity contribution in [1.82, 2.24) is 9.78 Å². The van der Waals surface area contributed by atoms with Crippen LogP contribution in [0.4, 0.5) is 0 Å². The van der Waals surface area contributed by atoms with Crippen LogP contribution >= 0.6 is 11.6 Å². The normalized spacial score (nSPS) is 10.7. The Balaban J connectivity index is 2.69. The molecule has 0 saturated heterocycles. The maximum atomic E-state index is 11.1. The van der Waals surface area contributed by atoms with Gasteiger partial charge in [0.1, 0.15) is 10.7 Å². The summed E-state index contributed by atoms with van der Waals surface area (Å²) in [4.78, 5) is 11.1. The van der Waals surface area contributed by atoms with Crippen LogP contribution in [0.15, 0.2) is 18.2 Å². The monoisotopic (exact) mass is 264 g/mol. The first-order valence-electron chi connectivity index (χ1n) is 5.48. The van der Waals surface area contributed by atoms with Crippen molar-refractivity contribution in [2.45, 2.75) is 20.8 Å². The van der Waals surface area contributed by atoms with E-state index in [4.69, 9.17) is 16.7 Å². The lowest BCUT2D eigenvalue weighted by Crippen LogP contribution is -2.01. The van der Waals surface area contributed by atoms with E-state index < -0.39 is 5.97 Å². The number of halogens is 1. The van der Waals surface area contributed by atoms with E-state index in [1.165, 1.54) is 4.68 Å². The molecule has 0 spiro atoms. The summed E-state index contributed by atoms with van der Waals surface area (Å²) in [5.74, 6) is -1.06. The molecule has 0 fully saturated rings. The van der Waals surface area contributed by atoms with Crippen molar-refractivity contribution in [3.8, 4) is 5.69 Å². The van der Waals surface area contributed by atoms with E-state index in [1.807, 2.05) is 32.0 Å². The minimum absolute atomic E-state index is 0.0533. The summed E-state index contributed by atoms with van der Waals surface area (Å²) in [7, 11) is 0. The number of nitrogens with zero attached hydrogens (tertiary/aromatic N) is 2. The summed E-state index contributed by atoms with van der Waals surface area (Å²) < 4.78 is 1.47. The van der Waals surface area contributed by atoms with Crippen molar-refractivity contribution < 1.29 is 9.90 Å². The molecule has 18 heavy (non-hydrogen) atoms. The highest BCUT2D eigenvalue weighted by molar-refractivity contribution is 6.32. The number of hydrogen-bond donors (Lipinski definition) is 1. The van der Waals surface area contributed by atoms with Crippen LogP contribution < -0.4 is 0 Å². The van der Waals surface area contributed by atoms with Crippen molar-refractivity contribution in [3.63, 3.8) is 0 Å². The number of rotatable bonds is 2. The standard InChI is InChI=1S/C13H13ClN2O2/c1-7-4-5-8(2)10(6-7)16-12(14)11(13(17)18)9(3)15-16/h4-6H,1-3H3,(H,17,18). The van der Waals surface area contributed by atoms with E-state index in [9.17, 15) is 4.79 Å². The number of carbonyl (C=O) groups is 1. The number of hydrogen-bond acceptors (Lipinski definition) is 2. The Bertz CT molecular complexity index is 632. The number of benzene rings is 1. The maximum absolute atomic E-state index is 11.1. The van der Waals surface area contributed by atoms with Gasteiger partial charge < -0.3 is 5.11 Å². The minimum Gasteiger partial charge on any atom is -0.478 e. The third-order valence-electron chi connectivity index (χ3n) is 2.81. The van der Waals surface area contributed by atoms with Gasteiger partial charge in [-0.1, -0.05) is 23.7 Å². The fraction of sp³-hybridized carbons (Fsp3) is 0.231. The molecule has 4 nitrogen and oxygen atoms in total. The van der Waals surface area contributed by atoms with Crippen LogP contribution in [0.1, 0.15) is 27.2 Å². The van der Waals surface area contributed by atoms with Crippen LogP contribution in [0.5, 0.6) is 0 Å². The molecule has 0 saturated carbocycles. The molecule has 94 valence electrons. The van der Waals surface area contributed by atoms with Crippen LogP contribution in [0.25, 0.3) is 5.69 Å². The van der Waals surface area contributed by atoms with Crippen LogP contribution in [-0.4, -0.2) is 20.9 Å². The van der Waals surface area contributed by atoms with Gasteiger partial charge in [-0.3, -0.25) is 0 Å². The molecule has 2 rings (SSSR count). The average Bonchev–Trinajstić information content (AvgIpc) is 2.57. The summed E-state index contributed by atoms with van der Waals surface area (Å²) in [6.07, 6.45) is 0. The fourth-order valence-corrected chi connectivity index (χ4v) is 2.20. The Hall–Kier alpha value is -1.81. The van der Waals surface area contributed by atoms with Gasteiger partial charge >= 0.3 is 5.97 Å². The van der Waals surface area contributed by atoms with Gasteiger partial charge in [-0.15, -0.1) is 0 Å². The van der Waals surface area contributed by atoms with Crippen molar-refractivity contribution in [2.75, 3.05) is 0 Å². The highest BCUT2D eigenvalue weighted by Crippen LogP contribution is 2.25. The lowest BCUT2D eigenvalue weighted by Gasteiger charge is -2.08. The summed E-state index contributed by atoms with van der Waals surface area (Å²) in [6.45, 7) is 5.53. The first-order chi connectivity index (χ1) is 8.41. The van der Waals surface area contributed by atoms with Crippen molar-refractivity contribution in [3.05, 3.63) is 45.7 Å². The Labute approximate surface area is 110 Å². The van der Waals surface area contributed by atoms with Gasteiger partial charge in [-0.25, -0.2) is 9.48 Å². The lowest BCUT2D eigenvalue weighted by molar-refractivity contribution is 0.0696. The van der Waals surface area contributed by atoms with E-state index in [1.54, 1.807) is 6.92 Å².